The van der Waals surface area contributed by atoms with Gasteiger partial charge in [-0.2, -0.15) is 0 Å². The molecule has 0 N–H and O–H groups in total. The number of hydrazine groups is 1. The van der Waals surface area contributed by atoms with Gasteiger partial charge < -0.3 is 0 Å². The number of rotatable bonds is 2. The van der Waals surface area contributed by atoms with Gasteiger partial charge in [0, 0.05) is 5.56 Å². The van der Waals surface area contributed by atoms with Crippen LogP contribution in [0.1, 0.15) is 56.3 Å². The maximum absolute atomic E-state index is 13.3. The van der Waals surface area contributed by atoms with Crippen LogP contribution in [-0.4, -0.2) is 41.3 Å². The number of hydrogen-bond donors (Lipinski definition) is 0. The Bertz CT molecular complexity index is 745. The van der Waals surface area contributed by atoms with Gasteiger partial charge in [0.1, 0.15) is 13.4 Å². The van der Waals surface area contributed by atoms with E-state index in [1.807, 2.05) is 51.0 Å². The van der Waals surface area contributed by atoms with Gasteiger partial charge in [-0.25, -0.2) is 10.0 Å². The zero-order valence-corrected chi connectivity index (χ0v) is 15.9. The molecule has 4 saturated carbocycles. The molecule has 5 heteroatoms. The number of benzene rings is 1. The SMILES string of the molecule is Bc1ccc(C(=O)N2N(C3C4CC5CC(C4)CC3C5)C(=O)C2(C)C)cc1. The van der Waals surface area contributed by atoms with Gasteiger partial charge in [0.25, 0.3) is 11.8 Å². The fraction of sp³-hybridized carbons (Fsp3) is 0.619. The maximum atomic E-state index is 13.3. The Kier molecular flexibility index (Phi) is 3.39. The highest BCUT2D eigenvalue weighted by atomic mass is 16.2. The van der Waals surface area contributed by atoms with Gasteiger partial charge >= 0.3 is 0 Å². The van der Waals surface area contributed by atoms with Crippen molar-refractivity contribution in [2.75, 3.05) is 0 Å². The van der Waals surface area contributed by atoms with Crippen LogP contribution in [0.15, 0.2) is 24.3 Å². The van der Waals surface area contributed by atoms with Crippen LogP contribution in [0, 0.1) is 23.7 Å². The average molecular weight is 350 g/mol. The molecule has 1 saturated heterocycles. The van der Waals surface area contributed by atoms with Crippen molar-refractivity contribution in [3.05, 3.63) is 29.8 Å². The number of nitrogens with zero attached hydrogens (tertiary/aromatic N) is 2. The molecule has 1 aromatic rings. The number of amides is 2. The molecular formula is C21H27BN2O2. The standard InChI is InChI=1S/C21H27BN2O2/c1-21(2)20(26)23(24(21)19(25)14-3-5-17(22)6-4-14)18-15-8-12-7-13(10-15)11-16(18)9-12/h3-6,12-13,15-16,18H,7-11,22H2,1-2H3. The molecule has 136 valence electrons. The third-order valence-corrected chi connectivity index (χ3v) is 7.43. The Hall–Kier alpha value is -1.78. The minimum absolute atomic E-state index is 0.0385. The van der Waals surface area contributed by atoms with Crippen molar-refractivity contribution >= 4 is 25.1 Å². The monoisotopic (exact) mass is 350 g/mol. The molecule has 5 aliphatic rings. The van der Waals surface area contributed by atoms with E-state index >= 15 is 0 Å². The van der Waals surface area contributed by atoms with Crippen molar-refractivity contribution < 1.29 is 9.59 Å². The molecule has 26 heavy (non-hydrogen) atoms. The lowest BCUT2D eigenvalue weighted by atomic mass is 9.53. The van der Waals surface area contributed by atoms with Crippen LogP contribution in [0.25, 0.3) is 0 Å². The quantitative estimate of drug-likeness (QED) is 0.763. The van der Waals surface area contributed by atoms with Crippen molar-refractivity contribution in [2.45, 2.75) is 57.5 Å². The molecule has 5 fully saturated rings. The summed E-state index contributed by atoms with van der Waals surface area (Å²) in [7, 11) is 2.02. The predicted molar refractivity (Wildman–Crippen MR) is 103 cm³/mol. The third kappa shape index (κ3) is 2.15. The summed E-state index contributed by atoms with van der Waals surface area (Å²) in [5.74, 6) is 2.97. The van der Waals surface area contributed by atoms with Gasteiger partial charge in [-0.1, -0.05) is 17.6 Å². The van der Waals surface area contributed by atoms with E-state index in [-0.39, 0.29) is 17.9 Å². The smallest absolute Gasteiger partial charge is 0.270 e. The Labute approximate surface area is 156 Å². The van der Waals surface area contributed by atoms with E-state index in [0.717, 1.165) is 17.3 Å². The average Bonchev–Trinajstić information content (AvgIpc) is 2.59. The second kappa shape index (κ2) is 5.37. The number of hydrogen-bond acceptors (Lipinski definition) is 2. The van der Waals surface area contributed by atoms with Gasteiger partial charge in [0.15, 0.2) is 0 Å². The first-order valence-electron chi connectivity index (χ1n) is 10.1. The van der Waals surface area contributed by atoms with Crippen LogP contribution >= 0.6 is 0 Å². The normalized spacial score (nSPS) is 37.0. The lowest BCUT2D eigenvalue weighted by Crippen LogP contribution is -2.80. The van der Waals surface area contributed by atoms with Crippen LogP contribution in [0.5, 0.6) is 0 Å². The first-order valence-corrected chi connectivity index (χ1v) is 10.1. The highest BCUT2D eigenvalue weighted by Crippen LogP contribution is 2.57. The van der Waals surface area contributed by atoms with Crippen LogP contribution in [0.3, 0.4) is 0 Å². The van der Waals surface area contributed by atoms with Crippen molar-refractivity contribution in [3.8, 4) is 0 Å². The zero-order valence-electron chi connectivity index (χ0n) is 15.9. The first kappa shape index (κ1) is 16.4. The Morgan fingerprint density at radius 3 is 2.08 bits per heavy atom. The molecule has 0 aromatic heterocycles. The van der Waals surface area contributed by atoms with E-state index in [0.29, 0.717) is 17.4 Å². The zero-order chi connectivity index (χ0) is 18.2. The van der Waals surface area contributed by atoms with Crippen LogP contribution in [-0.2, 0) is 4.79 Å². The summed E-state index contributed by atoms with van der Waals surface area (Å²) >= 11 is 0. The molecule has 4 bridgehead atoms. The molecule has 0 radical (unpaired) electrons. The van der Waals surface area contributed by atoms with Crippen molar-refractivity contribution in [2.24, 2.45) is 23.7 Å². The maximum Gasteiger partial charge on any atom is 0.273 e. The first-order chi connectivity index (χ1) is 12.4. The van der Waals surface area contributed by atoms with Crippen LogP contribution < -0.4 is 5.46 Å². The molecule has 4 nitrogen and oxygen atoms in total. The molecule has 1 aliphatic heterocycles. The van der Waals surface area contributed by atoms with Gasteiger partial charge in [0.05, 0.1) is 6.04 Å². The summed E-state index contributed by atoms with van der Waals surface area (Å²) in [5.41, 5.74) is 1.07. The van der Waals surface area contributed by atoms with E-state index < -0.39 is 5.54 Å². The van der Waals surface area contributed by atoms with E-state index in [1.165, 1.54) is 32.1 Å². The fourth-order valence-corrected chi connectivity index (χ4v) is 6.42. The summed E-state index contributed by atoms with van der Waals surface area (Å²) < 4.78 is 0. The lowest BCUT2D eigenvalue weighted by molar-refractivity contribution is -0.230. The van der Waals surface area contributed by atoms with E-state index in [1.54, 1.807) is 5.01 Å². The summed E-state index contributed by atoms with van der Waals surface area (Å²) in [4.78, 5) is 26.3. The molecule has 1 heterocycles. The molecule has 4 aliphatic carbocycles. The lowest BCUT2D eigenvalue weighted by Gasteiger charge is -2.65. The van der Waals surface area contributed by atoms with Crippen molar-refractivity contribution in [3.63, 3.8) is 0 Å². The largest absolute Gasteiger partial charge is 0.273 e. The molecular weight excluding hydrogens is 323 g/mol. The minimum atomic E-state index is -0.739. The Morgan fingerprint density at radius 1 is 1.00 bits per heavy atom. The topological polar surface area (TPSA) is 40.6 Å². The molecule has 0 spiro atoms. The summed E-state index contributed by atoms with van der Waals surface area (Å²) in [6.45, 7) is 3.77. The van der Waals surface area contributed by atoms with E-state index in [9.17, 15) is 9.59 Å². The van der Waals surface area contributed by atoms with Crippen molar-refractivity contribution in [1.29, 1.82) is 0 Å². The van der Waals surface area contributed by atoms with Gasteiger partial charge in [-0.3, -0.25) is 9.59 Å². The highest BCUT2D eigenvalue weighted by Gasteiger charge is 2.62. The van der Waals surface area contributed by atoms with Crippen molar-refractivity contribution in [1.82, 2.24) is 10.0 Å². The second-order valence-electron chi connectivity index (χ2n) is 9.61. The van der Waals surface area contributed by atoms with E-state index in [2.05, 4.69) is 0 Å². The Morgan fingerprint density at radius 2 is 1.54 bits per heavy atom. The molecule has 1 aromatic carbocycles. The molecule has 0 unspecified atom stereocenters. The number of carbonyl (C=O) groups excluding carboxylic acids is 2. The predicted octanol–water partition coefficient (Wildman–Crippen LogP) is 1.75. The molecule has 6 rings (SSSR count). The summed E-state index contributed by atoms with van der Waals surface area (Å²) in [6.07, 6.45) is 6.37. The summed E-state index contributed by atoms with van der Waals surface area (Å²) in [5, 5.41) is 3.64. The van der Waals surface area contributed by atoms with Crippen LogP contribution in [0.2, 0.25) is 0 Å². The fourth-order valence-electron chi connectivity index (χ4n) is 6.42. The second-order valence-corrected chi connectivity index (χ2v) is 9.61. The van der Waals surface area contributed by atoms with E-state index in [4.69, 9.17) is 0 Å². The van der Waals surface area contributed by atoms with Gasteiger partial charge in [-0.15, -0.1) is 0 Å². The molecule has 2 amide bonds. The third-order valence-electron chi connectivity index (χ3n) is 7.43. The summed E-state index contributed by atoms with van der Waals surface area (Å²) in [6, 6.07) is 7.93. The van der Waals surface area contributed by atoms with Crippen LogP contribution in [0.4, 0.5) is 0 Å². The minimum Gasteiger partial charge on any atom is -0.270 e. The molecule has 0 atom stereocenters. The van der Waals surface area contributed by atoms with Gasteiger partial charge in [-0.05, 0) is 81.8 Å². The van der Waals surface area contributed by atoms with Gasteiger partial charge in [0.2, 0.25) is 0 Å². The number of carbonyl (C=O) groups is 2. The Balaban J connectivity index is 1.47. The highest BCUT2D eigenvalue weighted by molar-refractivity contribution is 6.32.